The SMILES string of the molecule is CCOC(=O)C[n+]1ccc(-c2cc[n+](CC(=O)OCC)cc2)cc1.[Br-].[Br-]. The maximum Gasteiger partial charge on any atom is 0.372 e. The molecule has 6 nitrogen and oxygen atoms in total. The number of halogens is 2. The Balaban J connectivity index is 0.00000312. The van der Waals surface area contributed by atoms with Crippen molar-refractivity contribution in [1.82, 2.24) is 0 Å². The van der Waals surface area contributed by atoms with Gasteiger partial charge in [-0.1, -0.05) is 0 Å². The number of rotatable bonds is 7. The summed E-state index contributed by atoms with van der Waals surface area (Å²) in [4.78, 5) is 22.9. The minimum absolute atomic E-state index is 0. The highest BCUT2D eigenvalue weighted by atomic mass is 79.9. The summed E-state index contributed by atoms with van der Waals surface area (Å²) in [5, 5.41) is 0. The first-order chi connectivity index (χ1) is 11.6. The topological polar surface area (TPSA) is 60.4 Å². The first-order valence-electron chi connectivity index (χ1n) is 7.92. The van der Waals surface area contributed by atoms with Crippen molar-refractivity contribution >= 4 is 11.9 Å². The van der Waals surface area contributed by atoms with E-state index in [2.05, 4.69) is 0 Å². The van der Waals surface area contributed by atoms with E-state index in [9.17, 15) is 9.59 Å². The van der Waals surface area contributed by atoms with Crippen LogP contribution in [0, 0.1) is 0 Å². The van der Waals surface area contributed by atoms with Crippen LogP contribution in [0.1, 0.15) is 13.8 Å². The van der Waals surface area contributed by atoms with Crippen LogP contribution in [-0.2, 0) is 32.2 Å². The van der Waals surface area contributed by atoms with Gasteiger partial charge in [-0.15, -0.1) is 0 Å². The third-order valence-electron chi connectivity index (χ3n) is 3.35. The number of esters is 2. The zero-order valence-corrected chi connectivity index (χ0v) is 17.9. The molecule has 2 heterocycles. The largest absolute Gasteiger partial charge is 1.00 e. The smallest absolute Gasteiger partial charge is 0.372 e. The number of hydrogen-bond acceptors (Lipinski definition) is 4. The van der Waals surface area contributed by atoms with Crippen LogP contribution in [-0.4, -0.2) is 25.2 Å². The fourth-order valence-electron chi connectivity index (χ4n) is 2.22. The number of ether oxygens (including phenoxy) is 2. The molecular weight excluding hydrogens is 468 g/mol. The number of hydrogen-bond donors (Lipinski definition) is 0. The van der Waals surface area contributed by atoms with Crippen molar-refractivity contribution in [1.29, 1.82) is 0 Å². The Bertz CT molecular complexity index is 630. The number of nitrogens with zero attached hydrogens (tertiary/aromatic N) is 2. The van der Waals surface area contributed by atoms with Gasteiger partial charge in [0.05, 0.1) is 13.2 Å². The molecule has 0 fully saturated rings. The molecule has 0 aliphatic heterocycles. The monoisotopic (exact) mass is 488 g/mol. The van der Waals surface area contributed by atoms with Gasteiger partial charge in [-0.05, 0) is 25.0 Å². The second-order valence-electron chi connectivity index (χ2n) is 5.13. The lowest BCUT2D eigenvalue weighted by molar-refractivity contribution is -0.686. The summed E-state index contributed by atoms with van der Waals surface area (Å²) < 4.78 is 13.4. The van der Waals surface area contributed by atoms with Crippen molar-refractivity contribution in [2.75, 3.05) is 13.2 Å². The quantitative estimate of drug-likeness (QED) is 0.289. The van der Waals surface area contributed by atoms with E-state index in [4.69, 9.17) is 9.47 Å². The van der Waals surface area contributed by atoms with E-state index in [0.717, 1.165) is 11.1 Å². The van der Waals surface area contributed by atoms with Gasteiger partial charge in [-0.2, -0.15) is 9.13 Å². The highest BCUT2D eigenvalue weighted by Crippen LogP contribution is 2.15. The molecule has 0 aliphatic carbocycles. The van der Waals surface area contributed by atoms with Crippen LogP contribution in [0.4, 0.5) is 0 Å². The van der Waals surface area contributed by atoms with Crippen LogP contribution in [0.3, 0.4) is 0 Å². The summed E-state index contributed by atoms with van der Waals surface area (Å²) in [6, 6.07) is 7.74. The third-order valence-corrected chi connectivity index (χ3v) is 3.35. The molecule has 0 bridgehead atoms. The van der Waals surface area contributed by atoms with Crippen LogP contribution in [0.5, 0.6) is 0 Å². The maximum absolute atomic E-state index is 11.5. The predicted octanol–water partition coefficient (Wildman–Crippen LogP) is -4.94. The minimum atomic E-state index is -0.255. The molecule has 2 rings (SSSR count). The van der Waals surface area contributed by atoms with Crippen LogP contribution in [0.15, 0.2) is 49.1 Å². The zero-order valence-electron chi connectivity index (χ0n) is 14.7. The zero-order chi connectivity index (χ0) is 17.4. The summed E-state index contributed by atoms with van der Waals surface area (Å²) in [5.41, 5.74) is 2.05. The Hall–Kier alpha value is -1.80. The van der Waals surface area contributed by atoms with Crippen molar-refractivity contribution in [2.24, 2.45) is 0 Å². The van der Waals surface area contributed by atoms with Gasteiger partial charge in [0, 0.05) is 24.3 Å². The highest BCUT2D eigenvalue weighted by Gasteiger charge is 2.12. The lowest BCUT2D eigenvalue weighted by atomic mass is 10.1. The first kappa shape index (κ1) is 24.2. The van der Waals surface area contributed by atoms with E-state index < -0.39 is 0 Å². The molecule has 0 aromatic carbocycles. The molecule has 0 N–H and O–H groups in total. The Morgan fingerprint density at radius 2 is 1.04 bits per heavy atom. The van der Waals surface area contributed by atoms with Crippen LogP contribution >= 0.6 is 0 Å². The molecule has 0 amide bonds. The van der Waals surface area contributed by atoms with Gasteiger partial charge in [0.25, 0.3) is 0 Å². The van der Waals surface area contributed by atoms with Crippen LogP contribution in [0.25, 0.3) is 11.1 Å². The van der Waals surface area contributed by atoms with Gasteiger partial charge in [0.15, 0.2) is 24.8 Å². The molecule has 0 saturated heterocycles. The van der Waals surface area contributed by atoms with E-state index in [1.54, 1.807) is 23.0 Å². The van der Waals surface area contributed by atoms with Crippen molar-refractivity contribution in [3.63, 3.8) is 0 Å². The van der Waals surface area contributed by atoms with Crippen LogP contribution in [0.2, 0.25) is 0 Å². The van der Waals surface area contributed by atoms with Gasteiger partial charge in [-0.3, -0.25) is 0 Å². The molecule has 142 valence electrons. The average molecular weight is 490 g/mol. The van der Waals surface area contributed by atoms with Gasteiger partial charge in [0.2, 0.25) is 13.1 Å². The highest BCUT2D eigenvalue weighted by molar-refractivity contribution is 5.68. The average Bonchev–Trinajstić information content (AvgIpc) is 2.57. The van der Waals surface area contributed by atoms with E-state index in [0.29, 0.717) is 13.2 Å². The molecule has 0 saturated carbocycles. The fourth-order valence-corrected chi connectivity index (χ4v) is 2.22. The minimum Gasteiger partial charge on any atom is -1.00 e. The Kier molecular flexibility index (Phi) is 11.7. The molecule has 26 heavy (non-hydrogen) atoms. The second kappa shape index (κ2) is 12.5. The van der Waals surface area contributed by atoms with Gasteiger partial charge < -0.3 is 43.4 Å². The summed E-state index contributed by atoms with van der Waals surface area (Å²) in [6.45, 7) is 4.73. The van der Waals surface area contributed by atoms with Gasteiger partial charge in [-0.25, -0.2) is 9.59 Å². The third kappa shape index (κ3) is 7.61. The summed E-state index contributed by atoms with van der Waals surface area (Å²) in [7, 11) is 0. The van der Waals surface area contributed by atoms with Crippen LogP contribution < -0.4 is 43.1 Å². The first-order valence-corrected chi connectivity index (χ1v) is 7.92. The van der Waals surface area contributed by atoms with Crippen molar-refractivity contribution in [3.8, 4) is 11.1 Å². The number of pyridine rings is 2. The van der Waals surface area contributed by atoms with E-state index >= 15 is 0 Å². The maximum atomic E-state index is 11.5. The van der Waals surface area contributed by atoms with E-state index in [1.807, 2.05) is 49.1 Å². The van der Waals surface area contributed by atoms with E-state index in [1.165, 1.54) is 0 Å². The Morgan fingerprint density at radius 1 is 0.731 bits per heavy atom. The fraction of sp³-hybridized carbons (Fsp3) is 0.333. The van der Waals surface area contributed by atoms with Crippen molar-refractivity contribution in [2.45, 2.75) is 26.9 Å². The molecule has 0 aliphatic rings. The summed E-state index contributed by atoms with van der Waals surface area (Å²) in [5.74, 6) is -0.509. The lowest BCUT2D eigenvalue weighted by Gasteiger charge is -2.02. The normalized spacial score (nSPS) is 9.46. The predicted molar refractivity (Wildman–Crippen MR) is 85.5 cm³/mol. The van der Waals surface area contributed by atoms with Crippen molar-refractivity contribution in [3.05, 3.63) is 49.1 Å². The molecule has 2 aromatic rings. The van der Waals surface area contributed by atoms with E-state index in [-0.39, 0.29) is 59.0 Å². The standard InChI is InChI=1S/C18H22N2O4.2BrH/c1-3-23-17(21)13-19-9-5-15(6-10-19)16-7-11-20(12-8-16)14-18(22)24-4-2;;/h5-12H,3-4,13-14H2,1-2H3;2*1H/q+2;;/p-2. The van der Waals surface area contributed by atoms with Gasteiger partial charge >= 0.3 is 11.9 Å². The number of carbonyl (C=O) groups excluding carboxylic acids is 2. The van der Waals surface area contributed by atoms with Gasteiger partial charge in [0.1, 0.15) is 0 Å². The summed E-state index contributed by atoms with van der Waals surface area (Å²) in [6.07, 6.45) is 7.36. The Morgan fingerprint density at radius 3 is 1.31 bits per heavy atom. The molecule has 2 aromatic heterocycles. The molecule has 0 unspecified atom stereocenters. The molecule has 0 radical (unpaired) electrons. The Labute approximate surface area is 174 Å². The molecule has 0 spiro atoms. The number of aromatic nitrogens is 2. The molecular formula is C18H22Br2N2O4. The molecule has 0 atom stereocenters. The second-order valence-corrected chi connectivity index (χ2v) is 5.13. The lowest BCUT2D eigenvalue weighted by Crippen LogP contribution is -3.00. The van der Waals surface area contributed by atoms with Crippen molar-refractivity contribution < 1.29 is 62.2 Å². The number of carbonyl (C=O) groups is 2. The molecule has 8 heteroatoms. The summed E-state index contributed by atoms with van der Waals surface area (Å²) >= 11 is 0.